The summed E-state index contributed by atoms with van der Waals surface area (Å²) >= 11 is 0. The first-order valence-electron chi connectivity index (χ1n) is 11.3. The predicted molar refractivity (Wildman–Crippen MR) is 116 cm³/mol. The van der Waals surface area contributed by atoms with Crippen molar-refractivity contribution in [1.82, 2.24) is 25.6 Å². The SMILES string of the molecule is O=C(NCc1ccncc1)C1CCC2C(C1)N(Cc1ccc(F)cc1)C(=O)C1CCNN12. The first-order chi connectivity index (χ1) is 15.6. The number of hydrogen-bond acceptors (Lipinski definition) is 5. The maximum Gasteiger partial charge on any atom is 0.242 e. The van der Waals surface area contributed by atoms with Crippen LogP contribution in [0.3, 0.4) is 0 Å². The molecule has 3 heterocycles. The Balaban J connectivity index is 1.32. The van der Waals surface area contributed by atoms with Gasteiger partial charge in [0, 0.05) is 50.0 Å². The molecule has 3 aliphatic rings. The van der Waals surface area contributed by atoms with E-state index in [1.807, 2.05) is 17.0 Å². The lowest BCUT2D eigenvalue weighted by Gasteiger charge is -2.51. The van der Waals surface area contributed by atoms with Crippen LogP contribution in [-0.4, -0.2) is 51.4 Å². The number of pyridine rings is 1. The number of benzene rings is 1. The third-order valence-electron chi connectivity index (χ3n) is 7.01. The Hall–Kier alpha value is -2.84. The summed E-state index contributed by atoms with van der Waals surface area (Å²) in [6.07, 6.45) is 6.50. The van der Waals surface area contributed by atoms with Crippen LogP contribution >= 0.6 is 0 Å². The van der Waals surface area contributed by atoms with E-state index in [4.69, 9.17) is 0 Å². The Labute approximate surface area is 187 Å². The Morgan fingerprint density at radius 3 is 2.62 bits per heavy atom. The van der Waals surface area contributed by atoms with Crippen molar-refractivity contribution in [2.75, 3.05) is 6.54 Å². The van der Waals surface area contributed by atoms with E-state index in [2.05, 4.69) is 20.7 Å². The molecule has 168 valence electrons. The summed E-state index contributed by atoms with van der Waals surface area (Å²) in [5.74, 6) is -0.295. The van der Waals surface area contributed by atoms with Crippen LogP contribution in [0.4, 0.5) is 4.39 Å². The van der Waals surface area contributed by atoms with E-state index < -0.39 is 0 Å². The fourth-order valence-corrected chi connectivity index (χ4v) is 5.37. The molecule has 7 nitrogen and oxygen atoms in total. The maximum atomic E-state index is 13.4. The summed E-state index contributed by atoms with van der Waals surface area (Å²) < 4.78 is 13.4. The van der Waals surface area contributed by atoms with Crippen LogP contribution in [-0.2, 0) is 22.7 Å². The second-order valence-corrected chi connectivity index (χ2v) is 8.93. The first-order valence-corrected chi connectivity index (χ1v) is 11.3. The van der Waals surface area contributed by atoms with Crippen molar-refractivity contribution in [1.29, 1.82) is 0 Å². The second kappa shape index (κ2) is 8.96. The van der Waals surface area contributed by atoms with Crippen LogP contribution < -0.4 is 10.7 Å². The molecule has 8 heteroatoms. The van der Waals surface area contributed by atoms with Gasteiger partial charge in [-0.25, -0.2) is 9.40 Å². The minimum absolute atomic E-state index is 0.0333. The van der Waals surface area contributed by atoms with Gasteiger partial charge in [0.2, 0.25) is 11.8 Å². The molecule has 0 radical (unpaired) electrons. The van der Waals surface area contributed by atoms with Crippen LogP contribution in [0.5, 0.6) is 0 Å². The van der Waals surface area contributed by atoms with Crippen molar-refractivity contribution in [3.05, 3.63) is 65.7 Å². The van der Waals surface area contributed by atoms with Gasteiger partial charge in [0.15, 0.2) is 0 Å². The van der Waals surface area contributed by atoms with Gasteiger partial charge < -0.3 is 10.2 Å². The maximum absolute atomic E-state index is 13.4. The summed E-state index contributed by atoms with van der Waals surface area (Å²) in [5, 5.41) is 5.19. The largest absolute Gasteiger partial charge is 0.352 e. The molecule has 0 spiro atoms. The quantitative estimate of drug-likeness (QED) is 0.748. The number of amides is 2. The number of hydrogen-bond donors (Lipinski definition) is 2. The summed E-state index contributed by atoms with van der Waals surface area (Å²) in [4.78, 5) is 32.3. The van der Waals surface area contributed by atoms with Crippen molar-refractivity contribution in [3.8, 4) is 0 Å². The molecule has 2 amide bonds. The number of nitrogens with zero attached hydrogens (tertiary/aromatic N) is 3. The Bertz CT molecular complexity index is 970. The van der Waals surface area contributed by atoms with E-state index >= 15 is 0 Å². The van der Waals surface area contributed by atoms with Gasteiger partial charge in [0.25, 0.3) is 0 Å². The molecule has 4 atom stereocenters. The molecular weight excluding hydrogens is 409 g/mol. The third-order valence-corrected chi connectivity index (χ3v) is 7.01. The van der Waals surface area contributed by atoms with Crippen molar-refractivity contribution in [3.63, 3.8) is 0 Å². The number of carbonyl (C=O) groups excluding carboxylic acids is 2. The lowest BCUT2D eigenvalue weighted by atomic mass is 9.78. The Kier molecular flexibility index (Phi) is 5.89. The first kappa shape index (κ1) is 21.0. The Morgan fingerprint density at radius 2 is 1.84 bits per heavy atom. The number of rotatable bonds is 5. The monoisotopic (exact) mass is 437 g/mol. The summed E-state index contributed by atoms with van der Waals surface area (Å²) in [5.41, 5.74) is 5.32. The average Bonchev–Trinajstić information content (AvgIpc) is 3.32. The van der Waals surface area contributed by atoms with Gasteiger partial charge in [-0.15, -0.1) is 0 Å². The highest BCUT2D eigenvalue weighted by Crippen LogP contribution is 2.38. The zero-order valence-electron chi connectivity index (χ0n) is 17.9. The lowest BCUT2D eigenvalue weighted by Crippen LogP contribution is -2.68. The molecule has 2 N–H and O–H groups in total. The van der Waals surface area contributed by atoms with Gasteiger partial charge in [0.1, 0.15) is 11.9 Å². The number of nitrogens with one attached hydrogen (secondary N) is 2. The molecule has 1 aliphatic carbocycles. The van der Waals surface area contributed by atoms with Crippen molar-refractivity contribution < 1.29 is 14.0 Å². The van der Waals surface area contributed by atoms with Gasteiger partial charge in [-0.3, -0.25) is 20.0 Å². The molecule has 2 aromatic rings. The van der Waals surface area contributed by atoms with Crippen LogP contribution in [0.15, 0.2) is 48.8 Å². The smallest absolute Gasteiger partial charge is 0.242 e. The van der Waals surface area contributed by atoms with Crippen molar-refractivity contribution >= 4 is 11.8 Å². The highest BCUT2D eigenvalue weighted by Gasteiger charge is 2.51. The molecule has 5 rings (SSSR count). The van der Waals surface area contributed by atoms with E-state index in [0.717, 1.165) is 36.9 Å². The third kappa shape index (κ3) is 4.12. The number of carbonyl (C=O) groups is 2. The second-order valence-electron chi connectivity index (χ2n) is 8.93. The normalized spacial score (nSPS) is 27.7. The predicted octanol–water partition coefficient (Wildman–Crippen LogP) is 2.00. The molecule has 0 bridgehead atoms. The topological polar surface area (TPSA) is 77.6 Å². The summed E-state index contributed by atoms with van der Waals surface area (Å²) in [7, 11) is 0. The summed E-state index contributed by atoms with van der Waals surface area (Å²) in [6, 6.07) is 10.1. The van der Waals surface area contributed by atoms with E-state index in [1.54, 1.807) is 24.5 Å². The molecule has 32 heavy (non-hydrogen) atoms. The molecule has 1 saturated carbocycles. The molecule has 4 unspecified atom stereocenters. The standard InChI is InChI=1S/C24H28FN5O2/c25-19-4-1-17(2-5-19)15-29-22-13-18(23(31)27-14-16-7-10-26-11-8-16)3-6-20(22)30-21(24(29)32)9-12-28-30/h1-2,4-5,7-8,10-11,18,20-22,28H,3,6,9,12-15H2,(H,27,31). The molecular formula is C24H28FN5O2. The lowest BCUT2D eigenvalue weighted by molar-refractivity contribution is -0.157. The fourth-order valence-electron chi connectivity index (χ4n) is 5.37. The van der Waals surface area contributed by atoms with E-state index in [0.29, 0.717) is 19.5 Å². The van der Waals surface area contributed by atoms with Crippen LogP contribution in [0.25, 0.3) is 0 Å². The van der Waals surface area contributed by atoms with Gasteiger partial charge in [-0.05, 0) is 61.1 Å². The number of halogens is 1. The van der Waals surface area contributed by atoms with E-state index in [-0.39, 0.29) is 41.7 Å². The van der Waals surface area contributed by atoms with Crippen molar-refractivity contribution in [2.45, 2.75) is 56.9 Å². The fraction of sp³-hybridized carbons (Fsp3) is 0.458. The molecule has 1 aromatic carbocycles. The number of aromatic nitrogens is 1. The summed E-state index contributed by atoms with van der Waals surface area (Å²) in [6.45, 7) is 1.70. The van der Waals surface area contributed by atoms with Gasteiger partial charge in [0.05, 0.1) is 0 Å². The van der Waals surface area contributed by atoms with Crippen molar-refractivity contribution in [2.24, 2.45) is 5.92 Å². The number of fused-ring (bicyclic) bond motifs is 3. The van der Waals surface area contributed by atoms with Crippen LogP contribution in [0.1, 0.15) is 36.8 Å². The van der Waals surface area contributed by atoms with E-state index in [9.17, 15) is 14.0 Å². The molecule has 2 saturated heterocycles. The molecule has 2 aliphatic heterocycles. The number of piperazine rings is 1. The average molecular weight is 438 g/mol. The van der Waals surface area contributed by atoms with Gasteiger partial charge in [-0.1, -0.05) is 12.1 Å². The van der Waals surface area contributed by atoms with Crippen LogP contribution in [0.2, 0.25) is 0 Å². The minimum Gasteiger partial charge on any atom is -0.352 e. The number of hydrazine groups is 1. The molecule has 1 aromatic heterocycles. The zero-order valence-corrected chi connectivity index (χ0v) is 17.9. The zero-order chi connectivity index (χ0) is 22.1. The highest BCUT2D eigenvalue weighted by atomic mass is 19.1. The Morgan fingerprint density at radius 1 is 1.06 bits per heavy atom. The minimum atomic E-state index is -0.286. The van der Waals surface area contributed by atoms with Gasteiger partial charge >= 0.3 is 0 Å². The highest BCUT2D eigenvalue weighted by molar-refractivity contribution is 5.84. The molecule has 3 fully saturated rings. The van der Waals surface area contributed by atoms with Crippen LogP contribution in [0, 0.1) is 11.7 Å². The van der Waals surface area contributed by atoms with E-state index in [1.165, 1.54) is 12.1 Å². The van der Waals surface area contributed by atoms with Gasteiger partial charge in [-0.2, -0.15) is 0 Å².